The fraction of sp³-hybridized carbons (Fsp3) is 0.167. The highest BCUT2D eigenvalue weighted by atomic mass is 19.2. The SMILES string of the molecule is C[C@@H](C(=O)O)c1cc2c(F)c(F)ccc2[nH]c1=O. The maximum atomic E-state index is 13.5. The molecule has 0 bridgehead atoms. The number of aliphatic carboxylic acids is 1. The number of H-pyrrole nitrogens is 1. The molecule has 0 saturated heterocycles. The van der Waals surface area contributed by atoms with E-state index in [1.54, 1.807) is 0 Å². The second kappa shape index (κ2) is 4.21. The molecule has 0 aliphatic rings. The van der Waals surface area contributed by atoms with Crippen molar-refractivity contribution in [2.45, 2.75) is 12.8 Å². The summed E-state index contributed by atoms with van der Waals surface area (Å²) >= 11 is 0. The number of nitrogens with one attached hydrogen (secondary N) is 1. The molecule has 18 heavy (non-hydrogen) atoms. The Kier molecular flexibility index (Phi) is 2.86. The van der Waals surface area contributed by atoms with Crippen LogP contribution in [0.5, 0.6) is 0 Å². The maximum absolute atomic E-state index is 13.5. The van der Waals surface area contributed by atoms with Crippen molar-refractivity contribution in [2.24, 2.45) is 0 Å². The third-order valence-electron chi connectivity index (χ3n) is 2.78. The molecule has 0 fully saturated rings. The molecule has 6 heteroatoms. The monoisotopic (exact) mass is 253 g/mol. The highest BCUT2D eigenvalue weighted by molar-refractivity contribution is 5.82. The number of pyridine rings is 1. The molecule has 4 nitrogen and oxygen atoms in total. The lowest BCUT2D eigenvalue weighted by atomic mass is 10.0. The third-order valence-corrected chi connectivity index (χ3v) is 2.78. The van der Waals surface area contributed by atoms with Gasteiger partial charge in [-0.05, 0) is 25.1 Å². The number of hydrogen-bond acceptors (Lipinski definition) is 2. The Morgan fingerprint density at radius 3 is 2.67 bits per heavy atom. The summed E-state index contributed by atoms with van der Waals surface area (Å²) in [5.41, 5.74) is -0.608. The summed E-state index contributed by atoms with van der Waals surface area (Å²) in [4.78, 5) is 24.8. The first-order chi connectivity index (χ1) is 8.41. The van der Waals surface area contributed by atoms with Crippen molar-refractivity contribution in [3.63, 3.8) is 0 Å². The first-order valence-electron chi connectivity index (χ1n) is 5.15. The van der Waals surface area contributed by atoms with Gasteiger partial charge in [-0.25, -0.2) is 8.78 Å². The molecular weight excluding hydrogens is 244 g/mol. The van der Waals surface area contributed by atoms with E-state index in [1.165, 1.54) is 13.0 Å². The van der Waals surface area contributed by atoms with Crippen LogP contribution in [0, 0.1) is 11.6 Å². The number of carboxylic acid groups (broad SMARTS) is 1. The summed E-state index contributed by atoms with van der Waals surface area (Å²) in [6.45, 7) is 1.30. The maximum Gasteiger partial charge on any atom is 0.310 e. The summed E-state index contributed by atoms with van der Waals surface area (Å²) in [7, 11) is 0. The summed E-state index contributed by atoms with van der Waals surface area (Å²) in [5.74, 6) is -4.47. The van der Waals surface area contributed by atoms with Crippen LogP contribution in [0.2, 0.25) is 0 Å². The predicted octanol–water partition coefficient (Wildman–Crippen LogP) is 1.99. The van der Waals surface area contributed by atoms with Gasteiger partial charge in [0.2, 0.25) is 0 Å². The first kappa shape index (κ1) is 12.2. The summed E-state index contributed by atoms with van der Waals surface area (Å²) in [6, 6.07) is 3.20. The molecular formula is C12H9F2NO3. The van der Waals surface area contributed by atoms with E-state index >= 15 is 0 Å². The molecule has 1 aromatic heterocycles. The largest absolute Gasteiger partial charge is 0.481 e. The predicted molar refractivity (Wildman–Crippen MR) is 60.5 cm³/mol. The van der Waals surface area contributed by atoms with E-state index in [2.05, 4.69) is 4.98 Å². The van der Waals surface area contributed by atoms with E-state index in [4.69, 9.17) is 5.11 Å². The van der Waals surface area contributed by atoms with E-state index in [-0.39, 0.29) is 16.5 Å². The van der Waals surface area contributed by atoms with E-state index in [9.17, 15) is 18.4 Å². The van der Waals surface area contributed by atoms with Crippen LogP contribution in [0.3, 0.4) is 0 Å². The molecule has 1 atom stereocenters. The van der Waals surface area contributed by atoms with Crippen molar-refractivity contribution in [3.05, 3.63) is 45.8 Å². The Hall–Kier alpha value is -2.24. The minimum absolute atomic E-state index is 0.112. The average molecular weight is 253 g/mol. The molecule has 2 N–H and O–H groups in total. The van der Waals surface area contributed by atoms with Gasteiger partial charge in [-0.2, -0.15) is 0 Å². The molecule has 94 valence electrons. The van der Waals surface area contributed by atoms with E-state index in [0.29, 0.717) is 0 Å². The lowest BCUT2D eigenvalue weighted by Crippen LogP contribution is -2.20. The summed E-state index contributed by atoms with van der Waals surface area (Å²) < 4.78 is 26.6. The Morgan fingerprint density at radius 1 is 1.39 bits per heavy atom. The zero-order valence-corrected chi connectivity index (χ0v) is 9.33. The molecule has 0 aliphatic heterocycles. The molecule has 2 rings (SSSR count). The molecule has 0 spiro atoms. The van der Waals surface area contributed by atoms with Crippen LogP contribution >= 0.6 is 0 Å². The van der Waals surface area contributed by atoms with Gasteiger partial charge >= 0.3 is 5.97 Å². The minimum atomic E-state index is -1.21. The van der Waals surface area contributed by atoms with Crippen molar-refractivity contribution in [1.29, 1.82) is 0 Å². The lowest BCUT2D eigenvalue weighted by Gasteiger charge is -2.07. The van der Waals surface area contributed by atoms with Gasteiger partial charge in [0.1, 0.15) is 0 Å². The fourth-order valence-electron chi connectivity index (χ4n) is 1.69. The second-order valence-corrected chi connectivity index (χ2v) is 3.94. The van der Waals surface area contributed by atoms with Crippen LogP contribution in [-0.2, 0) is 4.79 Å². The number of halogens is 2. The van der Waals surface area contributed by atoms with Gasteiger partial charge in [0.25, 0.3) is 5.56 Å². The number of fused-ring (bicyclic) bond motifs is 1. The van der Waals surface area contributed by atoms with Gasteiger partial charge in [-0.15, -0.1) is 0 Å². The minimum Gasteiger partial charge on any atom is -0.481 e. The van der Waals surface area contributed by atoms with Crippen LogP contribution in [0.15, 0.2) is 23.0 Å². The van der Waals surface area contributed by atoms with E-state index in [1.807, 2.05) is 0 Å². The van der Waals surface area contributed by atoms with Crippen LogP contribution in [0.1, 0.15) is 18.4 Å². The normalized spacial score (nSPS) is 12.6. The highest BCUT2D eigenvalue weighted by Gasteiger charge is 2.19. The first-order valence-corrected chi connectivity index (χ1v) is 5.15. The number of carboxylic acids is 1. The number of aromatic amines is 1. The number of benzene rings is 1. The average Bonchev–Trinajstić information content (AvgIpc) is 2.32. The number of rotatable bonds is 2. The number of carbonyl (C=O) groups is 1. The Balaban J connectivity index is 2.78. The molecule has 2 aromatic rings. The number of aromatic nitrogens is 1. The van der Waals surface area contributed by atoms with E-state index < -0.39 is 29.1 Å². The molecule has 0 radical (unpaired) electrons. The smallest absolute Gasteiger partial charge is 0.310 e. The zero-order valence-electron chi connectivity index (χ0n) is 9.33. The Labute approximate surface area is 99.9 Å². The van der Waals surface area contributed by atoms with Crippen molar-refractivity contribution >= 4 is 16.9 Å². The van der Waals surface area contributed by atoms with Crippen LogP contribution in [-0.4, -0.2) is 16.1 Å². The van der Waals surface area contributed by atoms with Gasteiger partial charge in [0.15, 0.2) is 11.6 Å². The van der Waals surface area contributed by atoms with E-state index in [0.717, 1.165) is 12.1 Å². The van der Waals surface area contributed by atoms with Crippen molar-refractivity contribution < 1.29 is 18.7 Å². The summed E-state index contributed by atoms with van der Waals surface area (Å²) in [5, 5.41) is 8.69. The van der Waals surface area contributed by atoms with Gasteiger partial charge < -0.3 is 10.1 Å². The fourth-order valence-corrected chi connectivity index (χ4v) is 1.69. The van der Waals surface area contributed by atoms with Crippen molar-refractivity contribution in [3.8, 4) is 0 Å². The highest BCUT2D eigenvalue weighted by Crippen LogP contribution is 2.21. The Morgan fingerprint density at radius 2 is 2.06 bits per heavy atom. The molecule has 0 unspecified atom stereocenters. The molecule has 1 aromatic carbocycles. The summed E-state index contributed by atoms with van der Waals surface area (Å²) in [6.07, 6.45) is 0. The Bertz CT molecular complexity index is 694. The zero-order chi connectivity index (χ0) is 13.4. The van der Waals surface area contributed by atoms with Gasteiger partial charge in [-0.3, -0.25) is 9.59 Å². The van der Waals surface area contributed by atoms with Crippen LogP contribution < -0.4 is 5.56 Å². The van der Waals surface area contributed by atoms with Crippen LogP contribution in [0.25, 0.3) is 10.9 Å². The van der Waals surface area contributed by atoms with Crippen molar-refractivity contribution in [2.75, 3.05) is 0 Å². The van der Waals surface area contributed by atoms with Gasteiger partial charge in [-0.1, -0.05) is 0 Å². The van der Waals surface area contributed by atoms with Crippen LogP contribution in [0.4, 0.5) is 8.78 Å². The standard InChI is InChI=1S/C12H9F2NO3/c1-5(12(17)18)6-4-7-9(15-11(6)16)3-2-8(13)10(7)14/h2-5H,1H3,(H,15,16)(H,17,18)/t5-/m1/s1. The molecule has 0 saturated carbocycles. The lowest BCUT2D eigenvalue weighted by molar-refractivity contribution is -0.138. The van der Waals surface area contributed by atoms with Gasteiger partial charge in [0.05, 0.1) is 11.4 Å². The topological polar surface area (TPSA) is 70.2 Å². The molecule has 0 amide bonds. The second-order valence-electron chi connectivity index (χ2n) is 3.94. The quantitative estimate of drug-likeness (QED) is 0.859. The van der Waals surface area contributed by atoms with Gasteiger partial charge in [0, 0.05) is 10.9 Å². The van der Waals surface area contributed by atoms with Crippen molar-refractivity contribution in [1.82, 2.24) is 4.98 Å². The third kappa shape index (κ3) is 1.85. The number of hydrogen-bond donors (Lipinski definition) is 2. The molecule has 1 heterocycles. The molecule has 0 aliphatic carbocycles.